The average Bonchev–Trinajstić information content (AvgIpc) is 3.08. The van der Waals surface area contributed by atoms with Crippen LogP contribution in [0.4, 0.5) is 11.6 Å². The van der Waals surface area contributed by atoms with Crippen LogP contribution >= 0.6 is 31.9 Å². The smallest absolute Gasteiger partial charge is 0.173 e. The fourth-order valence-corrected chi connectivity index (χ4v) is 3.49. The van der Waals surface area contributed by atoms with Gasteiger partial charge in [0.05, 0.1) is 10.7 Å². The summed E-state index contributed by atoms with van der Waals surface area (Å²) in [6.45, 7) is 5.17. The Morgan fingerprint density at radius 3 is 3.05 bits per heavy atom. The zero-order valence-corrected chi connectivity index (χ0v) is 15.0. The summed E-state index contributed by atoms with van der Waals surface area (Å²) in [5.74, 6) is 1.47. The zero-order chi connectivity index (χ0) is 15.0. The molecule has 3 heterocycles. The predicted molar refractivity (Wildman–Crippen MR) is 91.7 cm³/mol. The van der Waals surface area contributed by atoms with E-state index in [0.717, 1.165) is 52.9 Å². The van der Waals surface area contributed by atoms with Gasteiger partial charge in [0.2, 0.25) is 0 Å². The topological polar surface area (TPSA) is 71.5 Å². The molecular formula is C13H18Br2N6. The molecule has 114 valence electrons. The van der Waals surface area contributed by atoms with Gasteiger partial charge in [0.25, 0.3) is 0 Å². The third-order valence-corrected chi connectivity index (χ3v) is 5.05. The molecule has 3 N–H and O–H groups in total. The van der Waals surface area contributed by atoms with Crippen LogP contribution in [0.2, 0.25) is 0 Å². The highest BCUT2D eigenvalue weighted by molar-refractivity contribution is 9.11. The van der Waals surface area contributed by atoms with E-state index in [2.05, 4.69) is 54.1 Å². The first-order chi connectivity index (χ1) is 10.1. The van der Waals surface area contributed by atoms with Crippen molar-refractivity contribution in [1.29, 1.82) is 0 Å². The van der Waals surface area contributed by atoms with Gasteiger partial charge in [-0.3, -0.25) is 0 Å². The maximum Gasteiger partial charge on any atom is 0.173 e. The van der Waals surface area contributed by atoms with Crippen LogP contribution < -0.4 is 16.0 Å². The minimum atomic E-state index is 0.518. The highest BCUT2D eigenvalue weighted by Gasteiger charge is 2.26. The molecule has 0 amide bonds. The lowest BCUT2D eigenvalue weighted by molar-refractivity contribution is 0.549. The van der Waals surface area contributed by atoms with E-state index in [1.165, 1.54) is 0 Å². The summed E-state index contributed by atoms with van der Waals surface area (Å²) in [6.07, 6.45) is 3.99. The summed E-state index contributed by atoms with van der Waals surface area (Å²) in [5.41, 5.74) is 6.91. The van der Waals surface area contributed by atoms with Crippen LogP contribution in [0.5, 0.6) is 0 Å². The molecule has 2 aromatic rings. The average molecular weight is 418 g/mol. The summed E-state index contributed by atoms with van der Waals surface area (Å²) in [4.78, 5) is 6.99. The second-order valence-corrected chi connectivity index (χ2v) is 6.90. The van der Waals surface area contributed by atoms with E-state index in [1.807, 2.05) is 0 Å². The number of nitrogens with one attached hydrogen (secondary N) is 1. The first kappa shape index (κ1) is 15.1. The molecule has 1 atom stereocenters. The predicted octanol–water partition coefficient (Wildman–Crippen LogP) is 2.41. The molecule has 0 spiro atoms. The molecule has 0 aliphatic carbocycles. The van der Waals surface area contributed by atoms with E-state index in [-0.39, 0.29) is 0 Å². The molecule has 1 aliphatic heterocycles. The monoisotopic (exact) mass is 416 g/mol. The van der Waals surface area contributed by atoms with Crippen LogP contribution in [0, 0.1) is 0 Å². The van der Waals surface area contributed by atoms with Gasteiger partial charge in [0.15, 0.2) is 5.65 Å². The van der Waals surface area contributed by atoms with Crippen molar-refractivity contribution in [3.05, 3.63) is 15.1 Å². The number of nitrogens with two attached hydrogens (primary N) is 1. The second-order valence-electron chi connectivity index (χ2n) is 5.25. The molecule has 0 radical (unpaired) electrons. The lowest BCUT2D eigenvalue weighted by atomic mass is 10.2. The Kier molecular flexibility index (Phi) is 4.37. The van der Waals surface area contributed by atoms with Crippen molar-refractivity contribution in [1.82, 2.24) is 19.9 Å². The molecule has 1 saturated heterocycles. The van der Waals surface area contributed by atoms with Crippen molar-refractivity contribution >= 4 is 49.1 Å². The lowest BCUT2D eigenvalue weighted by Gasteiger charge is -2.20. The summed E-state index contributed by atoms with van der Waals surface area (Å²) < 4.78 is 3.30. The van der Waals surface area contributed by atoms with E-state index < -0.39 is 0 Å². The molecule has 1 aliphatic rings. The quantitative estimate of drug-likeness (QED) is 0.799. The molecule has 6 nitrogen and oxygen atoms in total. The summed E-state index contributed by atoms with van der Waals surface area (Å²) >= 11 is 7.03. The van der Waals surface area contributed by atoms with E-state index in [4.69, 9.17) is 10.7 Å². The minimum absolute atomic E-state index is 0.518. The number of halogens is 2. The van der Waals surface area contributed by atoms with Crippen LogP contribution in [-0.2, 0) is 0 Å². The molecular weight excluding hydrogens is 400 g/mol. The number of fused-ring (bicyclic) bond motifs is 1. The molecule has 0 bridgehead atoms. The van der Waals surface area contributed by atoms with E-state index in [1.54, 1.807) is 10.7 Å². The molecule has 3 rings (SSSR count). The van der Waals surface area contributed by atoms with Crippen LogP contribution in [0.15, 0.2) is 15.1 Å². The van der Waals surface area contributed by atoms with E-state index in [0.29, 0.717) is 11.9 Å². The number of hydrogen-bond donors (Lipinski definition) is 2. The molecule has 21 heavy (non-hydrogen) atoms. The molecule has 2 aromatic heterocycles. The Bertz CT molecular complexity index is 656. The zero-order valence-electron chi connectivity index (χ0n) is 11.8. The molecule has 0 saturated carbocycles. The van der Waals surface area contributed by atoms with Gasteiger partial charge in [-0.25, -0.2) is 4.98 Å². The SMILES string of the molecule is CCCN[C@H]1CCN(c2nc3c(Br)cnn3c(N)c2Br)C1. The number of hydrogen-bond acceptors (Lipinski definition) is 5. The van der Waals surface area contributed by atoms with Crippen LogP contribution in [0.25, 0.3) is 5.65 Å². The number of nitrogens with zero attached hydrogens (tertiary/aromatic N) is 4. The van der Waals surface area contributed by atoms with Crippen LogP contribution in [-0.4, -0.2) is 40.3 Å². The van der Waals surface area contributed by atoms with Crippen molar-refractivity contribution < 1.29 is 0 Å². The van der Waals surface area contributed by atoms with Crippen molar-refractivity contribution in [3.63, 3.8) is 0 Å². The third kappa shape index (κ3) is 2.76. The van der Waals surface area contributed by atoms with Gasteiger partial charge in [-0.2, -0.15) is 9.61 Å². The number of aromatic nitrogens is 3. The maximum atomic E-state index is 6.17. The highest BCUT2D eigenvalue weighted by atomic mass is 79.9. The fourth-order valence-electron chi connectivity index (χ4n) is 2.63. The van der Waals surface area contributed by atoms with Gasteiger partial charge in [-0.05, 0) is 51.2 Å². The third-order valence-electron chi connectivity index (χ3n) is 3.73. The molecule has 1 fully saturated rings. The van der Waals surface area contributed by atoms with Crippen LogP contribution in [0.3, 0.4) is 0 Å². The van der Waals surface area contributed by atoms with E-state index >= 15 is 0 Å². The largest absolute Gasteiger partial charge is 0.383 e. The summed E-state index contributed by atoms with van der Waals surface area (Å²) in [7, 11) is 0. The molecule has 0 aromatic carbocycles. The number of anilines is 2. The van der Waals surface area contributed by atoms with Gasteiger partial charge in [-0.15, -0.1) is 0 Å². The van der Waals surface area contributed by atoms with Gasteiger partial charge < -0.3 is 16.0 Å². The Hall–Kier alpha value is -0.860. The minimum Gasteiger partial charge on any atom is -0.383 e. The maximum absolute atomic E-state index is 6.17. The Morgan fingerprint density at radius 2 is 2.29 bits per heavy atom. The standard InChI is InChI=1S/C13H18Br2N6/c1-2-4-17-8-3-5-20(7-8)13-10(15)11(16)21-12(19-13)9(14)6-18-21/h6,8,17H,2-5,7,16H2,1H3/t8-/m0/s1. The number of nitrogen functional groups attached to an aromatic ring is 1. The summed E-state index contributed by atoms with van der Waals surface area (Å²) in [6, 6.07) is 0.518. The van der Waals surface area contributed by atoms with Crippen molar-refractivity contribution in [2.45, 2.75) is 25.8 Å². The lowest BCUT2D eigenvalue weighted by Crippen LogP contribution is -2.33. The van der Waals surface area contributed by atoms with Gasteiger partial charge in [-0.1, -0.05) is 6.92 Å². The number of rotatable bonds is 4. The van der Waals surface area contributed by atoms with Crippen LogP contribution in [0.1, 0.15) is 19.8 Å². The van der Waals surface area contributed by atoms with Gasteiger partial charge in [0.1, 0.15) is 16.1 Å². The van der Waals surface area contributed by atoms with E-state index in [9.17, 15) is 0 Å². The Labute approximate surface area is 140 Å². The van der Waals surface area contributed by atoms with Crippen molar-refractivity contribution in [2.24, 2.45) is 0 Å². The van der Waals surface area contributed by atoms with Gasteiger partial charge in [0, 0.05) is 19.1 Å². The molecule has 0 unspecified atom stereocenters. The fraction of sp³-hybridized carbons (Fsp3) is 0.538. The molecule has 8 heteroatoms. The Morgan fingerprint density at radius 1 is 1.48 bits per heavy atom. The summed E-state index contributed by atoms with van der Waals surface area (Å²) in [5, 5.41) is 7.79. The van der Waals surface area contributed by atoms with Crippen molar-refractivity contribution in [3.8, 4) is 0 Å². The highest BCUT2D eigenvalue weighted by Crippen LogP contribution is 2.34. The van der Waals surface area contributed by atoms with Crippen molar-refractivity contribution in [2.75, 3.05) is 30.3 Å². The van der Waals surface area contributed by atoms with Gasteiger partial charge >= 0.3 is 0 Å². The normalized spacial score (nSPS) is 18.8. The first-order valence-corrected chi connectivity index (χ1v) is 8.67. The second kappa shape index (κ2) is 6.10. The Balaban J connectivity index is 1.90. The first-order valence-electron chi connectivity index (χ1n) is 7.08.